The van der Waals surface area contributed by atoms with E-state index in [1.807, 2.05) is 12.1 Å². The van der Waals surface area contributed by atoms with Crippen LogP contribution in [0.1, 0.15) is 15.9 Å². The number of nitrogens with zero attached hydrogens (tertiary/aromatic N) is 1. The lowest BCUT2D eigenvalue weighted by Crippen LogP contribution is -2.48. The van der Waals surface area contributed by atoms with Gasteiger partial charge in [-0.3, -0.25) is 13.9 Å². The van der Waals surface area contributed by atoms with Gasteiger partial charge < -0.3 is 24.8 Å². The van der Waals surface area contributed by atoms with Crippen molar-refractivity contribution in [3.63, 3.8) is 0 Å². The number of para-hydroxylation sites is 1. The summed E-state index contributed by atoms with van der Waals surface area (Å²) < 4.78 is 42.3. The van der Waals surface area contributed by atoms with Gasteiger partial charge in [-0.25, -0.2) is 8.42 Å². The van der Waals surface area contributed by atoms with Gasteiger partial charge >= 0.3 is 0 Å². The summed E-state index contributed by atoms with van der Waals surface area (Å²) in [6, 6.07) is 16.6. The minimum Gasteiger partial charge on any atom is -0.493 e. The van der Waals surface area contributed by atoms with Crippen LogP contribution >= 0.6 is 11.6 Å². The van der Waals surface area contributed by atoms with Gasteiger partial charge in [-0.15, -0.1) is 0 Å². The SMILES string of the molecule is COc1ccc(CCNC(=O)c2ccccc2NC(=O)C2CN(S(C)(=O)=O)c3cc(Cl)ccc3O2)cc1OC. The summed E-state index contributed by atoms with van der Waals surface area (Å²) in [7, 11) is -0.607. The number of carbonyl (C=O) groups excluding carboxylic acids is 2. The minimum atomic E-state index is -3.72. The molecule has 0 spiro atoms. The Morgan fingerprint density at radius 3 is 2.51 bits per heavy atom. The number of ether oxygens (including phenoxy) is 3. The number of carbonyl (C=O) groups is 2. The summed E-state index contributed by atoms with van der Waals surface area (Å²) in [6.45, 7) is 0.0860. The van der Waals surface area contributed by atoms with Crippen LogP contribution < -0.4 is 29.1 Å². The van der Waals surface area contributed by atoms with Gasteiger partial charge in [-0.05, 0) is 54.4 Å². The maximum atomic E-state index is 13.2. The quantitative estimate of drug-likeness (QED) is 0.401. The molecule has 0 bridgehead atoms. The number of hydrogen-bond donors (Lipinski definition) is 2. The van der Waals surface area contributed by atoms with Crippen LogP contribution in [-0.2, 0) is 21.2 Å². The second-order valence-corrected chi connectivity index (χ2v) is 11.1. The Balaban J connectivity index is 1.44. The summed E-state index contributed by atoms with van der Waals surface area (Å²) in [4.78, 5) is 26.1. The van der Waals surface area contributed by atoms with E-state index < -0.39 is 22.0 Å². The summed E-state index contributed by atoms with van der Waals surface area (Å²) >= 11 is 6.04. The summed E-state index contributed by atoms with van der Waals surface area (Å²) in [5.41, 5.74) is 1.72. The lowest BCUT2D eigenvalue weighted by Gasteiger charge is -2.34. The number of hydrogen-bond acceptors (Lipinski definition) is 7. The molecule has 1 atom stereocenters. The second kappa shape index (κ2) is 11.8. The van der Waals surface area contributed by atoms with Crippen molar-refractivity contribution in [2.24, 2.45) is 0 Å². The topological polar surface area (TPSA) is 123 Å². The lowest BCUT2D eigenvalue weighted by molar-refractivity contribution is -0.122. The molecule has 1 aliphatic heterocycles. The zero-order chi connectivity index (χ0) is 28.2. The maximum absolute atomic E-state index is 13.2. The summed E-state index contributed by atoms with van der Waals surface area (Å²) in [5, 5.41) is 5.90. The third-order valence-corrected chi connectivity index (χ3v) is 7.44. The molecule has 206 valence electrons. The molecule has 12 heteroatoms. The van der Waals surface area contributed by atoms with Gasteiger partial charge in [0.1, 0.15) is 5.75 Å². The molecule has 2 N–H and O–H groups in total. The average molecular weight is 574 g/mol. The van der Waals surface area contributed by atoms with Crippen LogP contribution in [0.25, 0.3) is 0 Å². The molecule has 3 aromatic rings. The Kier molecular flexibility index (Phi) is 8.51. The van der Waals surface area contributed by atoms with Crippen LogP contribution in [0.3, 0.4) is 0 Å². The van der Waals surface area contributed by atoms with Gasteiger partial charge in [-0.1, -0.05) is 29.8 Å². The van der Waals surface area contributed by atoms with Crippen LogP contribution in [-0.4, -0.2) is 59.9 Å². The first-order valence-corrected chi connectivity index (χ1v) is 14.2. The van der Waals surface area contributed by atoms with E-state index in [4.69, 9.17) is 25.8 Å². The average Bonchev–Trinajstić information content (AvgIpc) is 2.91. The smallest absolute Gasteiger partial charge is 0.267 e. The molecular formula is C27H28ClN3O7S. The first kappa shape index (κ1) is 28.1. The van der Waals surface area contributed by atoms with E-state index in [1.54, 1.807) is 50.6 Å². The number of anilines is 2. The number of amides is 2. The Morgan fingerprint density at radius 2 is 1.79 bits per heavy atom. The van der Waals surface area contributed by atoms with Crippen LogP contribution in [0.4, 0.5) is 11.4 Å². The van der Waals surface area contributed by atoms with Crippen molar-refractivity contribution in [3.05, 3.63) is 76.8 Å². The highest BCUT2D eigenvalue weighted by Crippen LogP contribution is 2.37. The van der Waals surface area contributed by atoms with E-state index in [1.165, 1.54) is 12.1 Å². The highest BCUT2D eigenvalue weighted by Gasteiger charge is 2.35. The van der Waals surface area contributed by atoms with E-state index in [0.29, 0.717) is 29.5 Å². The van der Waals surface area contributed by atoms with Crippen LogP contribution in [0, 0.1) is 0 Å². The van der Waals surface area contributed by atoms with Crippen molar-refractivity contribution in [3.8, 4) is 17.2 Å². The fourth-order valence-corrected chi connectivity index (χ4v) is 5.20. The molecule has 3 aromatic carbocycles. The maximum Gasteiger partial charge on any atom is 0.267 e. The van der Waals surface area contributed by atoms with E-state index in [2.05, 4.69) is 10.6 Å². The molecule has 39 heavy (non-hydrogen) atoms. The first-order chi connectivity index (χ1) is 18.6. The zero-order valence-corrected chi connectivity index (χ0v) is 23.1. The van der Waals surface area contributed by atoms with Crippen molar-refractivity contribution >= 4 is 44.8 Å². The molecule has 1 aliphatic rings. The highest BCUT2D eigenvalue weighted by atomic mass is 35.5. The predicted octanol–water partition coefficient (Wildman–Crippen LogP) is 3.50. The van der Waals surface area contributed by atoms with Crippen LogP contribution in [0.15, 0.2) is 60.7 Å². The number of rotatable bonds is 9. The minimum absolute atomic E-state index is 0.206. The van der Waals surface area contributed by atoms with Crippen molar-refractivity contribution in [2.75, 3.05) is 43.2 Å². The molecule has 1 unspecified atom stereocenters. The van der Waals surface area contributed by atoms with Crippen molar-refractivity contribution in [1.82, 2.24) is 5.32 Å². The number of fused-ring (bicyclic) bond motifs is 1. The molecule has 0 saturated heterocycles. The highest BCUT2D eigenvalue weighted by molar-refractivity contribution is 7.92. The second-order valence-electron chi connectivity index (χ2n) is 8.74. The van der Waals surface area contributed by atoms with Crippen molar-refractivity contribution in [1.29, 1.82) is 0 Å². The predicted molar refractivity (Wildman–Crippen MR) is 149 cm³/mol. The van der Waals surface area contributed by atoms with E-state index in [-0.39, 0.29) is 35.1 Å². The first-order valence-electron chi connectivity index (χ1n) is 11.9. The molecule has 0 aromatic heterocycles. The molecule has 2 amide bonds. The molecule has 1 heterocycles. The van der Waals surface area contributed by atoms with Gasteiger partial charge in [0.15, 0.2) is 17.6 Å². The normalized spacial score (nSPS) is 14.6. The van der Waals surface area contributed by atoms with E-state index in [0.717, 1.165) is 16.1 Å². The fraction of sp³-hybridized carbons (Fsp3) is 0.259. The van der Waals surface area contributed by atoms with E-state index >= 15 is 0 Å². The molecule has 0 saturated carbocycles. The zero-order valence-electron chi connectivity index (χ0n) is 21.6. The third-order valence-electron chi connectivity index (χ3n) is 6.06. The molecule has 4 rings (SSSR count). The summed E-state index contributed by atoms with van der Waals surface area (Å²) in [6.07, 6.45) is 0.426. The lowest BCUT2D eigenvalue weighted by atomic mass is 10.1. The number of nitrogens with one attached hydrogen (secondary N) is 2. The number of methoxy groups -OCH3 is 2. The number of sulfonamides is 1. The number of benzene rings is 3. The molecular weight excluding hydrogens is 546 g/mol. The monoisotopic (exact) mass is 573 g/mol. The Bertz CT molecular complexity index is 1500. The molecule has 0 radical (unpaired) electrons. The molecule has 0 fully saturated rings. The Morgan fingerprint density at radius 1 is 1.05 bits per heavy atom. The van der Waals surface area contributed by atoms with Crippen LogP contribution in [0.5, 0.6) is 17.2 Å². The fourth-order valence-electron chi connectivity index (χ4n) is 4.13. The van der Waals surface area contributed by atoms with Crippen molar-refractivity contribution in [2.45, 2.75) is 12.5 Å². The van der Waals surface area contributed by atoms with Gasteiger partial charge in [0, 0.05) is 11.6 Å². The molecule has 10 nitrogen and oxygen atoms in total. The molecule has 0 aliphatic carbocycles. The van der Waals surface area contributed by atoms with Gasteiger partial charge in [-0.2, -0.15) is 0 Å². The number of halogens is 1. The van der Waals surface area contributed by atoms with Crippen molar-refractivity contribution < 1.29 is 32.2 Å². The van der Waals surface area contributed by atoms with Gasteiger partial charge in [0.25, 0.3) is 11.8 Å². The summed E-state index contributed by atoms with van der Waals surface area (Å²) in [5.74, 6) is 0.434. The largest absolute Gasteiger partial charge is 0.493 e. The third kappa shape index (κ3) is 6.55. The van der Waals surface area contributed by atoms with Crippen LogP contribution in [0.2, 0.25) is 5.02 Å². The Labute approximate surface area is 231 Å². The van der Waals surface area contributed by atoms with E-state index in [9.17, 15) is 18.0 Å². The van der Waals surface area contributed by atoms with Gasteiger partial charge in [0.05, 0.1) is 44.0 Å². The Hall–Kier alpha value is -3.96. The standard InChI is InChI=1S/C27H28ClN3O7S/c1-36-23-10-8-17(14-24(23)37-2)12-13-29-26(32)19-6-4-5-7-20(19)30-27(33)25-16-31(39(3,34)35)21-15-18(28)9-11-22(21)38-25/h4-11,14-15,25H,12-13,16H2,1-3H3,(H,29,32)(H,30,33). The van der Waals surface area contributed by atoms with Gasteiger partial charge in [0.2, 0.25) is 10.0 Å².